The second-order valence-electron chi connectivity index (χ2n) is 8.22. The molecule has 6 nitrogen and oxygen atoms in total. The van der Waals surface area contributed by atoms with Gasteiger partial charge in [-0.1, -0.05) is 45.7 Å². The standard InChI is InChI=1S/C30H28BrClO6/c1-4-35-28-26(37-16-15-19-9-12-23(34-3)13-10-19)25-18-22(32)11-14-24(25)27(29(28)36-5-2)38-30(33)20-7-6-8-21(31)17-20/h6-14,17-18H,4-5,15-16H2,1-3H3. The number of rotatable bonds is 11. The lowest BCUT2D eigenvalue weighted by Gasteiger charge is -2.22. The van der Waals surface area contributed by atoms with Gasteiger partial charge in [-0.2, -0.15) is 0 Å². The second kappa shape index (κ2) is 12.9. The average molecular weight is 600 g/mol. The molecule has 4 aromatic rings. The van der Waals surface area contributed by atoms with Crippen LogP contribution in [0.2, 0.25) is 5.02 Å². The highest BCUT2D eigenvalue weighted by Crippen LogP contribution is 2.52. The van der Waals surface area contributed by atoms with Crippen LogP contribution in [0, 0.1) is 0 Å². The molecule has 0 unspecified atom stereocenters. The van der Waals surface area contributed by atoms with E-state index in [9.17, 15) is 4.79 Å². The molecule has 0 aliphatic rings. The summed E-state index contributed by atoms with van der Waals surface area (Å²) < 4.78 is 30.3. The number of ether oxygens (including phenoxy) is 5. The summed E-state index contributed by atoms with van der Waals surface area (Å²) in [6.07, 6.45) is 0.654. The Balaban J connectivity index is 1.77. The van der Waals surface area contributed by atoms with Crippen molar-refractivity contribution in [1.29, 1.82) is 0 Å². The molecule has 0 aromatic heterocycles. The fraction of sp³-hybridized carbons (Fsp3) is 0.233. The first-order valence-electron chi connectivity index (χ1n) is 12.2. The summed E-state index contributed by atoms with van der Waals surface area (Å²) in [6.45, 7) is 4.76. The van der Waals surface area contributed by atoms with Gasteiger partial charge >= 0.3 is 5.97 Å². The third-order valence-electron chi connectivity index (χ3n) is 5.72. The fourth-order valence-corrected chi connectivity index (χ4v) is 4.55. The number of hydrogen-bond donors (Lipinski definition) is 0. The Morgan fingerprint density at radius 3 is 2.18 bits per heavy atom. The van der Waals surface area contributed by atoms with Crippen molar-refractivity contribution in [1.82, 2.24) is 0 Å². The number of methoxy groups -OCH3 is 1. The highest BCUT2D eigenvalue weighted by Gasteiger charge is 2.27. The molecule has 38 heavy (non-hydrogen) atoms. The van der Waals surface area contributed by atoms with Crippen LogP contribution in [0.4, 0.5) is 0 Å². The molecule has 0 radical (unpaired) electrons. The van der Waals surface area contributed by atoms with E-state index in [1.807, 2.05) is 44.2 Å². The van der Waals surface area contributed by atoms with Gasteiger partial charge in [0.25, 0.3) is 0 Å². The summed E-state index contributed by atoms with van der Waals surface area (Å²) >= 11 is 9.80. The van der Waals surface area contributed by atoms with Crippen LogP contribution >= 0.6 is 27.5 Å². The molecule has 4 aromatic carbocycles. The maximum absolute atomic E-state index is 13.2. The highest BCUT2D eigenvalue weighted by atomic mass is 79.9. The second-order valence-corrected chi connectivity index (χ2v) is 9.57. The molecule has 0 aliphatic carbocycles. The quantitative estimate of drug-likeness (QED) is 0.129. The molecule has 0 fully saturated rings. The van der Waals surface area contributed by atoms with E-state index in [1.54, 1.807) is 43.5 Å². The van der Waals surface area contributed by atoms with E-state index in [2.05, 4.69) is 15.9 Å². The number of esters is 1. The van der Waals surface area contributed by atoms with Crippen molar-refractivity contribution in [3.05, 3.63) is 87.4 Å². The minimum atomic E-state index is -0.529. The number of fused-ring (bicyclic) bond motifs is 1. The molecular weight excluding hydrogens is 572 g/mol. The van der Waals surface area contributed by atoms with Crippen LogP contribution in [0.3, 0.4) is 0 Å². The molecule has 0 amide bonds. The molecular formula is C30H28BrClO6. The van der Waals surface area contributed by atoms with Gasteiger partial charge < -0.3 is 23.7 Å². The Kier molecular flexibility index (Phi) is 9.37. The number of carbonyl (C=O) groups excluding carboxylic acids is 1. The molecule has 0 saturated carbocycles. The normalized spacial score (nSPS) is 10.8. The zero-order chi connectivity index (χ0) is 27.1. The first-order valence-corrected chi connectivity index (χ1v) is 13.4. The fourth-order valence-electron chi connectivity index (χ4n) is 3.98. The molecule has 0 bridgehead atoms. The lowest BCUT2D eigenvalue weighted by Crippen LogP contribution is -2.12. The van der Waals surface area contributed by atoms with Gasteiger partial charge in [0.2, 0.25) is 11.5 Å². The SMILES string of the molecule is CCOc1c(OCC)c(OC(=O)c2cccc(Br)c2)c2ccc(Cl)cc2c1OCCc1ccc(OC)cc1. The van der Waals surface area contributed by atoms with Crippen LogP contribution in [-0.2, 0) is 6.42 Å². The minimum Gasteiger partial charge on any atom is -0.497 e. The average Bonchev–Trinajstić information content (AvgIpc) is 2.92. The maximum atomic E-state index is 13.2. The Bertz CT molecular complexity index is 1420. The van der Waals surface area contributed by atoms with Crippen molar-refractivity contribution in [2.24, 2.45) is 0 Å². The van der Waals surface area contributed by atoms with Gasteiger partial charge in [0.15, 0.2) is 11.5 Å². The summed E-state index contributed by atoms with van der Waals surface area (Å²) in [7, 11) is 1.64. The van der Waals surface area contributed by atoms with Crippen LogP contribution in [0.15, 0.2) is 71.2 Å². The Morgan fingerprint density at radius 2 is 1.53 bits per heavy atom. The van der Waals surface area contributed by atoms with E-state index in [1.165, 1.54) is 0 Å². The topological polar surface area (TPSA) is 63.2 Å². The summed E-state index contributed by atoms with van der Waals surface area (Å²) in [4.78, 5) is 13.2. The third kappa shape index (κ3) is 6.34. The van der Waals surface area contributed by atoms with E-state index < -0.39 is 5.97 Å². The summed E-state index contributed by atoms with van der Waals surface area (Å²) in [6, 6.07) is 20.1. The van der Waals surface area contributed by atoms with Gasteiger partial charge in [-0.05, 0) is 67.9 Å². The van der Waals surface area contributed by atoms with Crippen molar-refractivity contribution in [3.8, 4) is 28.7 Å². The van der Waals surface area contributed by atoms with Gasteiger partial charge in [-0.25, -0.2) is 4.79 Å². The predicted octanol–water partition coefficient (Wildman–Crippen LogP) is 7.90. The van der Waals surface area contributed by atoms with Gasteiger partial charge in [0.1, 0.15) is 5.75 Å². The molecule has 0 saturated heterocycles. The van der Waals surface area contributed by atoms with Gasteiger partial charge in [-0.3, -0.25) is 0 Å². The summed E-state index contributed by atoms with van der Waals surface area (Å²) in [5, 5.41) is 1.77. The van der Waals surface area contributed by atoms with Crippen LogP contribution in [0.25, 0.3) is 10.8 Å². The van der Waals surface area contributed by atoms with Crippen LogP contribution in [-0.4, -0.2) is 32.9 Å². The molecule has 8 heteroatoms. The number of hydrogen-bond acceptors (Lipinski definition) is 6. The van der Waals surface area contributed by atoms with Crippen molar-refractivity contribution in [2.45, 2.75) is 20.3 Å². The Morgan fingerprint density at radius 1 is 0.816 bits per heavy atom. The van der Waals surface area contributed by atoms with Crippen LogP contribution in [0.1, 0.15) is 29.8 Å². The number of halogens is 2. The Labute approximate surface area is 235 Å². The molecule has 198 valence electrons. The van der Waals surface area contributed by atoms with Crippen LogP contribution < -0.4 is 23.7 Å². The van der Waals surface area contributed by atoms with Crippen molar-refractivity contribution in [3.63, 3.8) is 0 Å². The van der Waals surface area contributed by atoms with Crippen molar-refractivity contribution in [2.75, 3.05) is 26.9 Å². The number of carbonyl (C=O) groups is 1. The Hall–Kier alpha value is -3.42. The maximum Gasteiger partial charge on any atom is 0.343 e. The number of benzene rings is 4. The van der Waals surface area contributed by atoms with Gasteiger partial charge in [0, 0.05) is 26.7 Å². The zero-order valence-electron chi connectivity index (χ0n) is 21.4. The third-order valence-corrected chi connectivity index (χ3v) is 6.45. The van der Waals surface area contributed by atoms with Crippen molar-refractivity contribution < 1.29 is 28.5 Å². The van der Waals surface area contributed by atoms with E-state index in [-0.39, 0.29) is 5.75 Å². The molecule has 0 spiro atoms. The molecule has 0 heterocycles. The zero-order valence-corrected chi connectivity index (χ0v) is 23.7. The first-order chi connectivity index (χ1) is 18.4. The largest absolute Gasteiger partial charge is 0.497 e. The summed E-state index contributed by atoms with van der Waals surface area (Å²) in [5.74, 6) is 1.64. The van der Waals surface area contributed by atoms with E-state index in [0.29, 0.717) is 64.8 Å². The molecule has 0 N–H and O–H groups in total. The first kappa shape index (κ1) is 27.6. The predicted molar refractivity (Wildman–Crippen MR) is 153 cm³/mol. The molecule has 4 rings (SSSR count). The van der Waals surface area contributed by atoms with E-state index in [0.717, 1.165) is 15.8 Å². The van der Waals surface area contributed by atoms with Gasteiger partial charge in [0.05, 0.1) is 32.5 Å². The van der Waals surface area contributed by atoms with Gasteiger partial charge in [-0.15, -0.1) is 0 Å². The lowest BCUT2D eigenvalue weighted by molar-refractivity contribution is 0.0729. The monoisotopic (exact) mass is 598 g/mol. The molecule has 0 aliphatic heterocycles. The minimum absolute atomic E-state index is 0.245. The molecule has 0 atom stereocenters. The smallest absolute Gasteiger partial charge is 0.343 e. The van der Waals surface area contributed by atoms with Crippen LogP contribution in [0.5, 0.6) is 28.7 Å². The van der Waals surface area contributed by atoms with E-state index >= 15 is 0 Å². The van der Waals surface area contributed by atoms with Crippen molar-refractivity contribution >= 4 is 44.3 Å². The van der Waals surface area contributed by atoms with E-state index in [4.69, 9.17) is 35.3 Å². The lowest BCUT2D eigenvalue weighted by atomic mass is 10.1. The highest BCUT2D eigenvalue weighted by molar-refractivity contribution is 9.10. The summed E-state index contributed by atoms with van der Waals surface area (Å²) in [5.41, 5.74) is 1.48.